The second-order valence-electron chi connectivity index (χ2n) is 38.7. The quantitative estimate of drug-likeness (QED) is 0.0406. The summed E-state index contributed by atoms with van der Waals surface area (Å²) in [6, 6.07) is 18.3. The van der Waals surface area contributed by atoms with Crippen LogP contribution >= 0.6 is 97.2 Å². The zero-order valence-corrected chi connectivity index (χ0v) is 89.3. The summed E-state index contributed by atoms with van der Waals surface area (Å²) in [5.41, 5.74) is 20.5. The minimum Gasteiger partial charge on any atom is -0.444 e. The number of carbonyl (C=O) groups is 2. The first-order chi connectivity index (χ1) is 64.2. The molecule has 0 aliphatic carbocycles. The summed E-state index contributed by atoms with van der Waals surface area (Å²) in [4.78, 5) is 132. The zero-order valence-electron chi connectivity index (χ0n) is 82.0. The Labute approximate surface area is 834 Å². The average Bonchev–Trinajstić information content (AvgIpc) is 1.59. The van der Waals surface area contributed by atoms with Crippen molar-refractivity contribution in [3.8, 4) is 15.4 Å². The molecule has 0 bridgehead atoms. The van der Waals surface area contributed by atoms with Gasteiger partial charge in [-0.3, -0.25) is 29.0 Å². The Bertz CT molecular complexity index is 7110. The first kappa shape index (κ1) is 105. The van der Waals surface area contributed by atoms with Gasteiger partial charge in [0.15, 0.2) is 36.8 Å². The van der Waals surface area contributed by atoms with Crippen LogP contribution in [0.5, 0.6) is 0 Å². The fourth-order valence-electron chi connectivity index (χ4n) is 14.7. The molecule has 15 heterocycles. The number of aromatic nitrogens is 20. The highest BCUT2D eigenvalue weighted by molar-refractivity contribution is 9.11. The lowest BCUT2D eigenvalue weighted by molar-refractivity contribution is 0.0214. The van der Waals surface area contributed by atoms with Crippen LogP contribution in [0.25, 0.3) is 59.5 Å². The van der Waals surface area contributed by atoms with Gasteiger partial charge in [0.05, 0.1) is 22.8 Å². The summed E-state index contributed by atoms with van der Waals surface area (Å²) in [7, 11) is 0. The number of rotatable bonds is 13. The number of nitrogen functional groups attached to an aromatic ring is 1. The second kappa shape index (κ2) is 43.1. The minimum atomic E-state index is -0.540. The van der Waals surface area contributed by atoms with Gasteiger partial charge in [0.2, 0.25) is 27.3 Å². The molecule has 0 radical (unpaired) electrons. The van der Waals surface area contributed by atoms with Gasteiger partial charge in [0.25, 0.3) is 22.2 Å². The monoisotopic (exact) mass is 2060 g/mol. The molecule has 0 unspecified atom stereocenters. The molecule has 12 aromatic heterocycles. The number of nitrogens with two attached hydrogens (primary N) is 1. The van der Waals surface area contributed by atoms with Crippen molar-refractivity contribution in [1.82, 2.24) is 113 Å². The standard InChI is InChI=1S/C28H35N7O3S.C23H27N7OS.C15H19N5OS2.C14H20N2O2.C8H10N4OS.C7H10BrNS.ClH/c1-8-34-23(36)20-14-29-24(32-22(20)35(34)25-31-21(16-39-25)27(2,3)4)30-19-10-9-17-11-12-33(15-18(17)13-19)26(37)38-28(5,6)7;1-5-29-20(31)17-12-25-21(26-16-7-6-14-8-9-24-11-15(14)10-16)28-19(17)30(29)22-27-18(13-32-22)23(2,3)4;1-6-19-12(21)9-7-16-13(22-5)18-11(9)20(19)14-17-10(8-23-14)15(2,3)4;1-14(2,3)18-13(17)16-7-6-10-4-5-12(15)8-11(10)9-16;1-3-12-7(13)5-4-9-8(14-2)10-6(5)11-12;1-7(2,3)5-4-10-6(8)9-5;/h9-10,13-14,16H,8,11-12,15H2,1-7H3,(H,29,30,32);6-7,10,12-13,24H,5,8-9,11H2,1-4H3,(H,25,26,28);7-8H,6H2,1-5H3;4-5,8H,6-7,9,15H2,1-3H3;4H,3H2,1-2H3,(H,9,10,11);4H,1-3H3;1H. The van der Waals surface area contributed by atoms with Crippen LogP contribution in [0.1, 0.15) is 208 Å². The van der Waals surface area contributed by atoms with Crippen molar-refractivity contribution in [3.05, 3.63) is 202 Å². The summed E-state index contributed by atoms with van der Waals surface area (Å²) < 4.78 is 23.8. The third-order valence-electron chi connectivity index (χ3n) is 22.0. The fraction of sp³-hybridized carbons (Fsp3) is 0.453. The topological polar surface area (TPSA) is 394 Å². The molecule has 6 N–H and O–H groups in total. The van der Waals surface area contributed by atoms with Gasteiger partial charge >= 0.3 is 12.2 Å². The number of nitrogens with zero attached hydrogens (tertiary/aromatic N) is 21. The molecule has 3 aromatic carbocycles. The predicted molar refractivity (Wildman–Crippen MR) is 559 cm³/mol. The van der Waals surface area contributed by atoms with Crippen LogP contribution in [-0.2, 0) is 96.2 Å². The molecule has 137 heavy (non-hydrogen) atoms. The summed E-state index contributed by atoms with van der Waals surface area (Å²) in [5.74, 6) is 0.827. The summed E-state index contributed by atoms with van der Waals surface area (Å²) in [6.45, 7) is 50.9. The maximum absolute atomic E-state index is 13.1. The number of fused-ring (bicyclic) bond motifs is 7. The van der Waals surface area contributed by atoms with Gasteiger partial charge in [-0.05, 0) is 193 Å². The van der Waals surface area contributed by atoms with Crippen molar-refractivity contribution in [3.63, 3.8) is 0 Å². The van der Waals surface area contributed by atoms with E-state index in [-0.39, 0.29) is 68.5 Å². The Morgan fingerprint density at radius 2 is 0.832 bits per heavy atom. The van der Waals surface area contributed by atoms with E-state index in [1.807, 2.05) is 138 Å². The molecule has 0 atom stereocenters. The van der Waals surface area contributed by atoms with Crippen LogP contribution in [0.3, 0.4) is 0 Å². The van der Waals surface area contributed by atoms with Crippen LogP contribution in [0.4, 0.5) is 38.5 Å². The Balaban J connectivity index is 0.000000155. The fourth-order valence-corrected chi connectivity index (χ4v) is 19.8. The van der Waals surface area contributed by atoms with E-state index in [9.17, 15) is 28.8 Å². The number of H-pyrrole nitrogens is 1. The molecule has 42 heteroatoms. The molecule has 18 rings (SSSR count). The Hall–Kier alpha value is -11.1. The SMILES string of the molecule is CC(C)(C)OC(=O)N1CCc2ccc(N)cc2C1.CC(C)(C)c1csc(Br)n1.CCn1[nH]c2nc(SC)ncc2c1=O.CCn1c(=O)c2cnc(Nc3ccc4c(c3)CN(C(=O)OC(C)(C)C)CC4)nc2n1-c1nc(C(C)(C)C)cs1.CCn1c(=O)c2cnc(Nc3ccc4c(c3)CNCC4)nc2n1-c1nc(C(C)(C)C)cs1.CCn1c(=O)c2cnc(SC)nc2n1-c1nc(C(C)(C)C)cs1.Cl. The third-order valence-corrected chi connectivity index (χ3v) is 26.9. The maximum atomic E-state index is 13.1. The van der Waals surface area contributed by atoms with Crippen molar-refractivity contribution < 1.29 is 19.1 Å². The van der Waals surface area contributed by atoms with Crippen molar-refractivity contribution in [1.29, 1.82) is 0 Å². The van der Waals surface area contributed by atoms with Crippen LogP contribution in [0.2, 0.25) is 0 Å². The molecule has 34 nitrogen and oxygen atoms in total. The van der Waals surface area contributed by atoms with Crippen LogP contribution in [0.15, 0.2) is 134 Å². The van der Waals surface area contributed by atoms with E-state index in [1.165, 1.54) is 84.5 Å². The van der Waals surface area contributed by atoms with Gasteiger partial charge in [-0.25, -0.2) is 87.5 Å². The van der Waals surface area contributed by atoms with Crippen molar-refractivity contribution in [2.24, 2.45) is 0 Å². The molecule has 3 aliphatic rings. The highest BCUT2D eigenvalue weighted by atomic mass is 79.9. The van der Waals surface area contributed by atoms with Crippen LogP contribution in [-0.4, -0.2) is 163 Å². The molecule has 2 amide bonds. The molecular formula is C95H122BrClN26O8S6. The number of halogens is 2. The molecule has 0 saturated heterocycles. The Kier molecular flexibility index (Phi) is 33.0. The summed E-state index contributed by atoms with van der Waals surface area (Å²) >= 11 is 12.4. The van der Waals surface area contributed by atoms with Gasteiger partial charge < -0.3 is 41.0 Å². The summed E-state index contributed by atoms with van der Waals surface area (Å²) in [5, 5.41) is 26.6. The van der Waals surface area contributed by atoms with Gasteiger partial charge in [-0.15, -0.1) is 57.8 Å². The van der Waals surface area contributed by atoms with E-state index < -0.39 is 11.2 Å². The number of carbonyl (C=O) groups excluding carboxylic acids is 2. The van der Waals surface area contributed by atoms with E-state index in [0.29, 0.717) is 124 Å². The van der Waals surface area contributed by atoms with Crippen LogP contribution in [0, 0.1) is 0 Å². The summed E-state index contributed by atoms with van der Waals surface area (Å²) in [6.07, 6.45) is 12.3. The molecule has 0 fully saturated rings. The molecular weight excluding hydrogens is 1940 g/mol. The van der Waals surface area contributed by atoms with E-state index >= 15 is 0 Å². The van der Waals surface area contributed by atoms with Crippen molar-refractivity contribution in [2.75, 3.05) is 48.5 Å². The number of benzene rings is 3. The number of hydrogen-bond acceptors (Lipinski definition) is 30. The molecule has 730 valence electrons. The van der Waals surface area contributed by atoms with Crippen molar-refractivity contribution >= 4 is 182 Å². The van der Waals surface area contributed by atoms with Gasteiger partial charge in [-0.1, -0.05) is 125 Å². The lowest BCUT2D eigenvalue weighted by Gasteiger charge is -2.31. The van der Waals surface area contributed by atoms with E-state index in [2.05, 4.69) is 185 Å². The number of ether oxygens (including phenoxy) is 2. The largest absolute Gasteiger partial charge is 0.444 e. The molecule has 3 aliphatic heterocycles. The smallest absolute Gasteiger partial charge is 0.410 e. The molecule has 15 aromatic rings. The first-order valence-electron chi connectivity index (χ1n) is 45.0. The number of thiazole rings is 4. The zero-order chi connectivity index (χ0) is 98.6. The third kappa shape index (κ3) is 25.0. The second-order valence-corrected chi connectivity index (χ2v) is 44.9. The maximum Gasteiger partial charge on any atom is 0.410 e. The average molecular weight is 2060 g/mol. The number of aromatic amines is 1. The minimum absolute atomic E-state index is 0. The Morgan fingerprint density at radius 3 is 1.22 bits per heavy atom. The van der Waals surface area contributed by atoms with Gasteiger partial charge in [0.1, 0.15) is 32.7 Å². The molecule has 0 saturated carbocycles. The predicted octanol–water partition coefficient (Wildman–Crippen LogP) is 19.3. The number of amides is 2. The Morgan fingerprint density at radius 1 is 0.453 bits per heavy atom. The van der Waals surface area contributed by atoms with Gasteiger partial charge in [-0.2, -0.15) is 9.97 Å². The van der Waals surface area contributed by atoms with Gasteiger partial charge in [0, 0.05) is 144 Å². The highest BCUT2D eigenvalue weighted by Crippen LogP contribution is 2.35. The molecule has 0 spiro atoms. The van der Waals surface area contributed by atoms with E-state index in [4.69, 9.17) is 40.1 Å². The number of aryl methyl sites for hydroxylation is 1. The number of thioether (sulfide) groups is 2. The number of anilines is 5. The lowest BCUT2D eigenvalue weighted by atomic mass is 9.93. The number of hydrogen-bond donors (Lipinski definition) is 5. The number of nitrogens with one attached hydrogen (secondary N) is 4. The highest BCUT2D eigenvalue weighted by Gasteiger charge is 2.32. The lowest BCUT2D eigenvalue weighted by Crippen LogP contribution is -2.39. The van der Waals surface area contributed by atoms with E-state index in [1.54, 1.807) is 64.7 Å². The first-order valence-corrected chi connectivity index (χ1v) is 51.7. The van der Waals surface area contributed by atoms with E-state index in [0.717, 1.165) is 97.5 Å². The van der Waals surface area contributed by atoms with Crippen molar-refractivity contribution in [2.45, 2.75) is 261 Å². The normalized spacial score (nSPS) is 13.3. The van der Waals surface area contributed by atoms with Crippen LogP contribution < -0.4 is 43.9 Å².